The first-order valence-corrected chi connectivity index (χ1v) is 11.3. The minimum absolute atomic E-state index is 0.0344. The third-order valence-electron chi connectivity index (χ3n) is 4.94. The van der Waals surface area contributed by atoms with E-state index in [1.54, 1.807) is 12.1 Å². The Hall–Kier alpha value is -2.91. The van der Waals surface area contributed by atoms with Crippen LogP contribution in [0.2, 0.25) is 0 Å². The lowest BCUT2D eigenvalue weighted by atomic mass is 10.1. The van der Waals surface area contributed by atoms with Gasteiger partial charge in [-0.15, -0.1) is 0 Å². The molecule has 9 heteroatoms. The average Bonchev–Trinajstić information content (AvgIpc) is 3.09. The van der Waals surface area contributed by atoms with Gasteiger partial charge in [0.05, 0.1) is 15.9 Å². The van der Waals surface area contributed by atoms with Gasteiger partial charge in [0.25, 0.3) is 0 Å². The van der Waals surface area contributed by atoms with Gasteiger partial charge in [0.2, 0.25) is 10.0 Å². The number of carbonyl (C=O) groups is 1. The molecule has 0 saturated heterocycles. The Kier molecular flexibility index (Phi) is 6.66. The average molecular weight is 446 g/mol. The number of nitrogens with zero attached hydrogens (tertiary/aromatic N) is 3. The lowest BCUT2D eigenvalue weighted by molar-refractivity contribution is -0.147. The van der Waals surface area contributed by atoms with Crippen molar-refractivity contribution < 1.29 is 22.7 Å². The lowest BCUT2D eigenvalue weighted by Crippen LogP contribution is -2.22. The molecule has 3 rings (SSSR count). The maximum atomic E-state index is 12.4. The molecular weight excluding hydrogens is 418 g/mol. The second kappa shape index (κ2) is 9.07. The van der Waals surface area contributed by atoms with E-state index in [1.807, 2.05) is 43.5 Å². The number of aromatic nitrogens is 2. The molecule has 2 aromatic carbocycles. The van der Waals surface area contributed by atoms with E-state index < -0.39 is 16.0 Å². The summed E-state index contributed by atoms with van der Waals surface area (Å²) < 4.78 is 38.8. The molecule has 31 heavy (non-hydrogen) atoms. The quantitative estimate of drug-likeness (QED) is 0.495. The van der Waals surface area contributed by atoms with Crippen LogP contribution in [0, 0.1) is 13.8 Å². The van der Waals surface area contributed by atoms with Gasteiger partial charge >= 0.3 is 5.97 Å². The first-order chi connectivity index (χ1) is 14.6. The van der Waals surface area contributed by atoms with E-state index >= 15 is 0 Å². The number of imidazole rings is 1. The third-order valence-corrected chi connectivity index (χ3v) is 6.76. The van der Waals surface area contributed by atoms with E-state index in [4.69, 9.17) is 9.47 Å². The van der Waals surface area contributed by atoms with Crippen LogP contribution in [-0.4, -0.2) is 48.9 Å². The molecule has 0 aliphatic carbocycles. The van der Waals surface area contributed by atoms with Crippen LogP contribution in [0.3, 0.4) is 0 Å². The largest absolute Gasteiger partial charge is 0.482 e. The molecule has 1 heterocycles. The first kappa shape index (κ1) is 22.8. The Morgan fingerprint density at radius 1 is 1.13 bits per heavy atom. The molecular formula is C22H27N3O5S. The molecule has 0 radical (unpaired) electrons. The molecule has 1 aromatic heterocycles. The number of hydrogen-bond acceptors (Lipinski definition) is 6. The molecule has 166 valence electrons. The molecule has 0 atom stereocenters. The second-order valence-electron chi connectivity index (χ2n) is 7.43. The molecule has 0 bridgehead atoms. The highest BCUT2D eigenvalue weighted by Crippen LogP contribution is 2.23. The number of ether oxygens (including phenoxy) is 2. The van der Waals surface area contributed by atoms with Crippen LogP contribution < -0.4 is 4.74 Å². The van der Waals surface area contributed by atoms with Gasteiger partial charge in [-0.05, 0) is 56.2 Å². The van der Waals surface area contributed by atoms with Crippen LogP contribution in [0.1, 0.15) is 23.9 Å². The van der Waals surface area contributed by atoms with Crippen LogP contribution in [0.4, 0.5) is 0 Å². The minimum atomic E-state index is -3.56. The van der Waals surface area contributed by atoms with Crippen molar-refractivity contribution in [2.24, 2.45) is 0 Å². The van der Waals surface area contributed by atoms with E-state index in [9.17, 15) is 13.2 Å². The van der Waals surface area contributed by atoms with Crippen molar-refractivity contribution in [1.82, 2.24) is 13.9 Å². The van der Waals surface area contributed by atoms with Gasteiger partial charge in [0, 0.05) is 20.6 Å². The monoisotopic (exact) mass is 445 g/mol. The van der Waals surface area contributed by atoms with E-state index in [-0.39, 0.29) is 18.1 Å². The molecule has 0 spiro atoms. The molecule has 0 aliphatic rings. The van der Waals surface area contributed by atoms with Gasteiger partial charge in [0.15, 0.2) is 6.61 Å². The SMILES string of the molecule is CCn1c(COC(=O)COc2cc(C)ccc2C)nc2cc(S(=O)(=O)N(C)C)ccc21. The van der Waals surface area contributed by atoms with E-state index in [0.717, 1.165) is 20.9 Å². The number of fused-ring (bicyclic) bond motifs is 1. The summed E-state index contributed by atoms with van der Waals surface area (Å²) in [4.78, 5) is 16.9. The Labute approximate surface area is 182 Å². The summed E-state index contributed by atoms with van der Waals surface area (Å²) in [6.07, 6.45) is 0. The summed E-state index contributed by atoms with van der Waals surface area (Å²) in [5.41, 5.74) is 3.29. The van der Waals surface area contributed by atoms with Gasteiger partial charge in [0.1, 0.15) is 18.2 Å². The summed E-state index contributed by atoms with van der Waals surface area (Å²) in [5.74, 6) is 0.677. The number of aryl methyl sites for hydroxylation is 3. The summed E-state index contributed by atoms with van der Waals surface area (Å²) in [6, 6.07) is 10.6. The Morgan fingerprint density at radius 2 is 1.87 bits per heavy atom. The number of benzene rings is 2. The zero-order valence-electron chi connectivity index (χ0n) is 18.4. The topological polar surface area (TPSA) is 90.7 Å². The summed E-state index contributed by atoms with van der Waals surface area (Å²) in [5, 5.41) is 0. The number of carbonyl (C=O) groups excluding carboxylic acids is 1. The van der Waals surface area contributed by atoms with Crippen molar-refractivity contribution in [1.29, 1.82) is 0 Å². The minimum Gasteiger partial charge on any atom is -0.482 e. The predicted molar refractivity (Wildman–Crippen MR) is 117 cm³/mol. The summed E-state index contributed by atoms with van der Waals surface area (Å²) >= 11 is 0. The Bertz CT molecular complexity index is 1220. The highest BCUT2D eigenvalue weighted by atomic mass is 32.2. The highest BCUT2D eigenvalue weighted by molar-refractivity contribution is 7.89. The van der Waals surface area contributed by atoms with Gasteiger partial charge in [-0.3, -0.25) is 0 Å². The normalized spacial score (nSPS) is 11.8. The number of hydrogen-bond donors (Lipinski definition) is 0. The zero-order valence-corrected chi connectivity index (χ0v) is 19.2. The van der Waals surface area contributed by atoms with Crippen molar-refractivity contribution in [2.45, 2.75) is 38.8 Å². The summed E-state index contributed by atoms with van der Waals surface area (Å²) in [6.45, 7) is 6.17. The van der Waals surface area contributed by atoms with Crippen molar-refractivity contribution >= 4 is 27.0 Å². The molecule has 0 N–H and O–H groups in total. The van der Waals surface area contributed by atoms with Gasteiger partial charge in [-0.25, -0.2) is 22.5 Å². The van der Waals surface area contributed by atoms with Crippen molar-refractivity contribution in [3.63, 3.8) is 0 Å². The smallest absolute Gasteiger partial charge is 0.344 e. The van der Waals surface area contributed by atoms with Gasteiger partial charge in [-0.2, -0.15) is 0 Å². The molecule has 0 unspecified atom stereocenters. The highest BCUT2D eigenvalue weighted by Gasteiger charge is 2.20. The zero-order chi connectivity index (χ0) is 22.8. The van der Waals surface area contributed by atoms with Crippen molar-refractivity contribution in [3.8, 4) is 5.75 Å². The maximum Gasteiger partial charge on any atom is 0.344 e. The number of rotatable bonds is 8. The van der Waals surface area contributed by atoms with Crippen LogP contribution in [0.5, 0.6) is 5.75 Å². The van der Waals surface area contributed by atoms with Gasteiger partial charge < -0.3 is 14.0 Å². The fraction of sp³-hybridized carbons (Fsp3) is 0.364. The molecule has 0 aliphatic heterocycles. The maximum absolute atomic E-state index is 12.4. The number of sulfonamides is 1. The first-order valence-electron chi connectivity index (χ1n) is 9.91. The Balaban J connectivity index is 1.73. The van der Waals surface area contributed by atoms with Crippen LogP contribution in [0.15, 0.2) is 41.3 Å². The fourth-order valence-electron chi connectivity index (χ4n) is 3.18. The summed E-state index contributed by atoms with van der Waals surface area (Å²) in [7, 11) is -0.600. The molecule has 8 nitrogen and oxygen atoms in total. The molecule has 0 amide bonds. The van der Waals surface area contributed by atoms with Crippen molar-refractivity contribution in [3.05, 3.63) is 53.3 Å². The van der Waals surface area contributed by atoms with Crippen molar-refractivity contribution in [2.75, 3.05) is 20.7 Å². The van der Waals surface area contributed by atoms with E-state index in [1.165, 1.54) is 20.2 Å². The lowest BCUT2D eigenvalue weighted by Gasteiger charge is -2.11. The van der Waals surface area contributed by atoms with Gasteiger partial charge in [-0.1, -0.05) is 12.1 Å². The Morgan fingerprint density at radius 3 is 2.55 bits per heavy atom. The standard InChI is InChI=1S/C22H27N3O5S/c1-6-25-19-10-9-17(31(27,28)24(4)5)12-18(19)23-21(25)13-30-22(26)14-29-20-11-15(2)7-8-16(20)3/h7-12H,6,13-14H2,1-5H3. The van der Waals surface area contributed by atoms with Crippen LogP contribution >= 0.6 is 0 Å². The molecule has 0 fully saturated rings. The predicted octanol–water partition coefficient (Wildman–Crippen LogP) is 3.05. The molecule has 0 saturated carbocycles. The number of esters is 1. The third kappa shape index (κ3) is 4.88. The van der Waals surface area contributed by atoms with E-state index in [2.05, 4.69) is 4.98 Å². The van der Waals surface area contributed by atoms with E-state index in [0.29, 0.717) is 23.6 Å². The van der Waals surface area contributed by atoms with Crippen LogP contribution in [0.25, 0.3) is 11.0 Å². The molecule has 3 aromatic rings. The second-order valence-corrected chi connectivity index (χ2v) is 9.58. The van der Waals surface area contributed by atoms with Crippen LogP contribution in [-0.2, 0) is 32.7 Å². The fourth-order valence-corrected chi connectivity index (χ4v) is 4.10.